The predicted molar refractivity (Wildman–Crippen MR) is 110 cm³/mol. The van der Waals surface area contributed by atoms with E-state index in [-0.39, 0.29) is 28.0 Å². The van der Waals surface area contributed by atoms with Crippen molar-refractivity contribution in [3.05, 3.63) is 53.6 Å². The van der Waals surface area contributed by atoms with E-state index in [0.29, 0.717) is 26.2 Å². The second kappa shape index (κ2) is 8.84. The third-order valence-corrected chi connectivity index (χ3v) is 7.04. The average Bonchev–Trinajstić information content (AvgIpc) is 2.72. The van der Waals surface area contributed by atoms with Crippen molar-refractivity contribution < 1.29 is 17.9 Å². The van der Waals surface area contributed by atoms with Gasteiger partial charge in [-0.3, -0.25) is 4.79 Å². The molecule has 2 aromatic carbocycles. The summed E-state index contributed by atoms with van der Waals surface area (Å²) in [5, 5.41) is 0.183. The van der Waals surface area contributed by atoms with Crippen LogP contribution < -0.4 is 9.64 Å². The van der Waals surface area contributed by atoms with Crippen LogP contribution >= 0.6 is 11.6 Å². The Labute approximate surface area is 170 Å². The molecule has 8 heteroatoms. The van der Waals surface area contributed by atoms with E-state index in [0.717, 1.165) is 11.4 Å². The zero-order valence-corrected chi connectivity index (χ0v) is 17.2. The molecular formula is C20H23ClN2O4S. The van der Waals surface area contributed by atoms with Gasteiger partial charge in [-0.2, -0.15) is 0 Å². The summed E-state index contributed by atoms with van der Waals surface area (Å²) in [4.78, 5) is 16.5. The smallest absolute Gasteiger partial charge is 0.223 e. The van der Waals surface area contributed by atoms with Crippen molar-refractivity contribution in [2.24, 2.45) is 0 Å². The van der Waals surface area contributed by atoms with Crippen LogP contribution in [0.25, 0.3) is 0 Å². The Bertz CT molecular complexity index is 923. The molecule has 2 aromatic rings. The molecule has 1 fully saturated rings. The van der Waals surface area contributed by atoms with Crippen LogP contribution in [0.1, 0.15) is 6.42 Å². The zero-order chi connectivity index (χ0) is 20.1. The van der Waals surface area contributed by atoms with Gasteiger partial charge in [0.25, 0.3) is 0 Å². The number of sulfone groups is 1. The standard InChI is InChI=1S/C20H23ClN2O4S/c1-27-17-8-6-16(7-9-17)22-11-13-23(14-12-22)20(24)10-15-28(25,26)19-5-3-2-4-18(19)21/h2-9H,10-15H2,1H3. The Hall–Kier alpha value is -2.25. The number of halogens is 1. The fraction of sp³-hybridized carbons (Fsp3) is 0.350. The molecule has 0 saturated carbocycles. The van der Waals surface area contributed by atoms with Crippen LogP contribution in [0.15, 0.2) is 53.4 Å². The molecule has 0 bridgehead atoms. The summed E-state index contributed by atoms with van der Waals surface area (Å²) in [6.45, 7) is 2.54. The number of hydrogen-bond donors (Lipinski definition) is 0. The maximum absolute atomic E-state index is 12.5. The molecule has 0 spiro atoms. The van der Waals surface area contributed by atoms with E-state index in [2.05, 4.69) is 4.90 Å². The van der Waals surface area contributed by atoms with Crippen molar-refractivity contribution in [2.45, 2.75) is 11.3 Å². The molecule has 0 radical (unpaired) electrons. The van der Waals surface area contributed by atoms with Gasteiger partial charge in [0.1, 0.15) is 5.75 Å². The molecule has 150 valence electrons. The second-order valence-electron chi connectivity index (χ2n) is 6.57. The molecule has 6 nitrogen and oxygen atoms in total. The van der Waals surface area contributed by atoms with Crippen molar-refractivity contribution in [3.63, 3.8) is 0 Å². The maximum Gasteiger partial charge on any atom is 0.223 e. The van der Waals surface area contributed by atoms with Crippen molar-refractivity contribution >= 4 is 33.0 Å². The van der Waals surface area contributed by atoms with Crippen LogP contribution in [0, 0.1) is 0 Å². The highest BCUT2D eigenvalue weighted by molar-refractivity contribution is 7.91. The summed E-state index contributed by atoms with van der Waals surface area (Å²) in [6, 6.07) is 14.1. The number of carbonyl (C=O) groups excluding carboxylic acids is 1. The fourth-order valence-corrected chi connectivity index (χ4v) is 5.00. The largest absolute Gasteiger partial charge is 0.497 e. The first-order chi connectivity index (χ1) is 13.4. The number of rotatable bonds is 6. The third-order valence-electron chi connectivity index (χ3n) is 4.83. The molecule has 0 aliphatic carbocycles. The number of anilines is 1. The molecule has 28 heavy (non-hydrogen) atoms. The monoisotopic (exact) mass is 422 g/mol. The molecule has 1 amide bonds. The van der Waals surface area contributed by atoms with E-state index in [1.165, 1.54) is 12.1 Å². The normalized spacial score (nSPS) is 14.8. The summed E-state index contributed by atoms with van der Waals surface area (Å²) in [7, 11) is -1.96. The molecule has 1 aliphatic heterocycles. The molecule has 1 heterocycles. The van der Waals surface area contributed by atoms with Crippen molar-refractivity contribution in [2.75, 3.05) is 43.9 Å². The molecule has 0 atom stereocenters. The highest BCUT2D eigenvalue weighted by Gasteiger charge is 2.24. The first-order valence-electron chi connectivity index (χ1n) is 9.05. The van der Waals surface area contributed by atoms with E-state index in [1.807, 2.05) is 24.3 Å². The van der Waals surface area contributed by atoms with Gasteiger partial charge >= 0.3 is 0 Å². The molecule has 1 saturated heterocycles. The minimum atomic E-state index is -3.59. The molecule has 1 aliphatic rings. The number of amides is 1. The Balaban J connectivity index is 1.53. The van der Waals surface area contributed by atoms with Gasteiger partial charge in [0.15, 0.2) is 9.84 Å². The van der Waals surface area contributed by atoms with Gasteiger partial charge in [0, 0.05) is 38.3 Å². The lowest BCUT2D eigenvalue weighted by Gasteiger charge is -2.36. The lowest BCUT2D eigenvalue weighted by atomic mass is 10.2. The second-order valence-corrected chi connectivity index (χ2v) is 9.05. The lowest BCUT2D eigenvalue weighted by Crippen LogP contribution is -2.49. The number of nitrogens with zero attached hydrogens (tertiary/aromatic N) is 2. The summed E-state index contributed by atoms with van der Waals surface area (Å²) in [5.41, 5.74) is 1.08. The van der Waals surface area contributed by atoms with Gasteiger partial charge in [0.2, 0.25) is 5.91 Å². The van der Waals surface area contributed by atoms with Gasteiger partial charge in [-0.15, -0.1) is 0 Å². The molecule has 0 aromatic heterocycles. The van der Waals surface area contributed by atoms with E-state index in [1.54, 1.807) is 24.1 Å². The highest BCUT2D eigenvalue weighted by Crippen LogP contribution is 2.23. The number of methoxy groups -OCH3 is 1. The Kier molecular flexibility index (Phi) is 6.46. The van der Waals surface area contributed by atoms with Crippen molar-refractivity contribution in [3.8, 4) is 5.75 Å². The van der Waals surface area contributed by atoms with Gasteiger partial charge in [-0.05, 0) is 36.4 Å². The number of ether oxygens (including phenoxy) is 1. The number of hydrogen-bond acceptors (Lipinski definition) is 5. The van der Waals surface area contributed by atoms with Gasteiger partial charge in [-0.25, -0.2) is 8.42 Å². The summed E-state index contributed by atoms with van der Waals surface area (Å²) in [5.74, 6) is 0.413. The van der Waals surface area contributed by atoms with Crippen molar-refractivity contribution in [1.29, 1.82) is 0 Å². The van der Waals surface area contributed by atoms with E-state index >= 15 is 0 Å². The zero-order valence-electron chi connectivity index (χ0n) is 15.7. The predicted octanol–water partition coefficient (Wildman–Crippen LogP) is 2.86. The molecular weight excluding hydrogens is 400 g/mol. The SMILES string of the molecule is COc1ccc(N2CCN(C(=O)CCS(=O)(=O)c3ccccc3Cl)CC2)cc1. The maximum atomic E-state index is 12.5. The molecule has 0 N–H and O–H groups in total. The van der Waals surface area contributed by atoms with E-state index in [4.69, 9.17) is 16.3 Å². The summed E-state index contributed by atoms with van der Waals surface area (Å²) < 4.78 is 30.1. The van der Waals surface area contributed by atoms with E-state index < -0.39 is 9.84 Å². The van der Waals surface area contributed by atoms with Gasteiger partial charge in [-0.1, -0.05) is 23.7 Å². The fourth-order valence-electron chi connectivity index (χ4n) is 3.19. The molecule has 0 unspecified atom stereocenters. The minimum absolute atomic E-state index is 0.0455. The summed E-state index contributed by atoms with van der Waals surface area (Å²) in [6.07, 6.45) is -0.0455. The van der Waals surface area contributed by atoms with Crippen LogP contribution in [0.5, 0.6) is 5.75 Å². The number of carbonyl (C=O) groups is 1. The van der Waals surface area contributed by atoms with E-state index in [9.17, 15) is 13.2 Å². The highest BCUT2D eigenvalue weighted by atomic mass is 35.5. The number of benzene rings is 2. The van der Waals surface area contributed by atoms with Gasteiger partial charge < -0.3 is 14.5 Å². The Morgan fingerprint density at radius 3 is 2.29 bits per heavy atom. The molecule has 3 rings (SSSR count). The van der Waals surface area contributed by atoms with Crippen LogP contribution in [0.2, 0.25) is 5.02 Å². The average molecular weight is 423 g/mol. The first kappa shape index (κ1) is 20.5. The topological polar surface area (TPSA) is 66.9 Å². The van der Waals surface area contributed by atoms with Crippen molar-refractivity contribution in [1.82, 2.24) is 4.90 Å². The lowest BCUT2D eigenvalue weighted by molar-refractivity contribution is -0.131. The number of piperazine rings is 1. The minimum Gasteiger partial charge on any atom is -0.497 e. The Morgan fingerprint density at radius 2 is 1.68 bits per heavy atom. The third kappa shape index (κ3) is 4.77. The van der Waals surface area contributed by atoms with Crippen LogP contribution in [0.4, 0.5) is 5.69 Å². The van der Waals surface area contributed by atoms with Crippen LogP contribution in [-0.4, -0.2) is 58.3 Å². The summed E-state index contributed by atoms with van der Waals surface area (Å²) >= 11 is 5.98. The van der Waals surface area contributed by atoms with Crippen LogP contribution in [-0.2, 0) is 14.6 Å². The first-order valence-corrected chi connectivity index (χ1v) is 11.1. The Morgan fingerprint density at radius 1 is 1.04 bits per heavy atom. The quantitative estimate of drug-likeness (QED) is 0.716. The van der Waals surface area contributed by atoms with Crippen LogP contribution in [0.3, 0.4) is 0 Å². The van der Waals surface area contributed by atoms with Gasteiger partial charge in [0.05, 0.1) is 22.8 Å².